The van der Waals surface area contributed by atoms with Crippen LogP contribution in [-0.2, 0) is 9.59 Å². The Morgan fingerprint density at radius 2 is 2.14 bits per heavy atom. The Morgan fingerprint density at radius 3 is 2.93 bits per heavy atom. The molecular weight excluding hydrogens is 354 g/mol. The van der Waals surface area contributed by atoms with Crippen molar-refractivity contribution in [2.45, 2.75) is 64.5 Å². The average molecular weight is 386 g/mol. The molecule has 1 aromatic rings. The quantitative estimate of drug-likeness (QED) is 0.838. The number of aromatic nitrogens is 2. The van der Waals surface area contributed by atoms with Crippen molar-refractivity contribution in [2.75, 3.05) is 24.5 Å². The van der Waals surface area contributed by atoms with Gasteiger partial charge in [0.1, 0.15) is 0 Å². The van der Waals surface area contributed by atoms with E-state index in [0.29, 0.717) is 31.2 Å². The Bertz CT molecular complexity index is 739. The van der Waals surface area contributed by atoms with Crippen LogP contribution in [0.5, 0.6) is 0 Å². The van der Waals surface area contributed by atoms with Crippen LogP contribution in [0.2, 0.25) is 0 Å². The summed E-state index contributed by atoms with van der Waals surface area (Å²) in [5, 5.41) is 3.09. The standard InChI is InChI=1S/C21H31N5O2/c1-3-5-19(27)23-11-18-16-10-15(17-6-4-7-20(28)26(17)18)12-25(13-16)21-22-9-8-14(2)24-21/h8-9,15-18H,3-7,10-13H2,1-2H3,(H,23,27)/t15-,16+,17+,18+/m1/s1. The van der Waals surface area contributed by atoms with E-state index in [1.165, 1.54) is 0 Å². The second-order valence-corrected chi connectivity index (χ2v) is 8.54. The van der Waals surface area contributed by atoms with E-state index in [0.717, 1.165) is 50.4 Å². The number of rotatable bonds is 5. The maximum atomic E-state index is 12.8. The first-order valence-corrected chi connectivity index (χ1v) is 10.7. The minimum Gasteiger partial charge on any atom is -0.354 e. The minimum absolute atomic E-state index is 0.0717. The van der Waals surface area contributed by atoms with Crippen LogP contribution in [0.25, 0.3) is 0 Å². The third-order valence-corrected chi connectivity index (χ3v) is 6.55. The highest BCUT2D eigenvalue weighted by molar-refractivity contribution is 5.78. The lowest BCUT2D eigenvalue weighted by Crippen LogP contribution is -2.67. The number of carbonyl (C=O) groups excluding carboxylic acids is 2. The smallest absolute Gasteiger partial charge is 0.225 e. The molecule has 28 heavy (non-hydrogen) atoms. The molecule has 1 N–H and O–H groups in total. The van der Waals surface area contributed by atoms with Crippen LogP contribution in [0.4, 0.5) is 5.95 Å². The normalized spacial score (nSPS) is 29.4. The number of nitrogens with zero attached hydrogens (tertiary/aromatic N) is 4. The first-order chi connectivity index (χ1) is 13.6. The maximum Gasteiger partial charge on any atom is 0.225 e. The Morgan fingerprint density at radius 1 is 1.32 bits per heavy atom. The molecule has 3 fully saturated rings. The van der Waals surface area contributed by atoms with Gasteiger partial charge in [0.2, 0.25) is 17.8 Å². The van der Waals surface area contributed by atoms with Crippen LogP contribution in [0.1, 0.15) is 51.1 Å². The molecular formula is C21H31N5O2. The number of fused-ring (bicyclic) bond motifs is 4. The predicted molar refractivity (Wildman–Crippen MR) is 107 cm³/mol. The van der Waals surface area contributed by atoms with Crippen molar-refractivity contribution < 1.29 is 9.59 Å². The summed E-state index contributed by atoms with van der Waals surface area (Å²) in [5.41, 5.74) is 0.971. The van der Waals surface area contributed by atoms with Crippen molar-refractivity contribution >= 4 is 17.8 Å². The van der Waals surface area contributed by atoms with E-state index in [1.807, 2.05) is 26.1 Å². The van der Waals surface area contributed by atoms with E-state index in [-0.39, 0.29) is 23.9 Å². The zero-order valence-electron chi connectivity index (χ0n) is 16.9. The lowest BCUT2D eigenvalue weighted by atomic mass is 9.72. The second-order valence-electron chi connectivity index (χ2n) is 8.54. The second kappa shape index (κ2) is 8.05. The number of hydrogen-bond acceptors (Lipinski definition) is 5. The molecule has 4 atom stereocenters. The van der Waals surface area contributed by atoms with Gasteiger partial charge in [-0.25, -0.2) is 9.97 Å². The molecule has 0 spiro atoms. The molecule has 7 heteroatoms. The van der Waals surface area contributed by atoms with Crippen LogP contribution < -0.4 is 10.2 Å². The number of piperidine rings is 3. The van der Waals surface area contributed by atoms with E-state index < -0.39 is 0 Å². The van der Waals surface area contributed by atoms with Gasteiger partial charge in [-0.1, -0.05) is 6.92 Å². The largest absolute Gasteiger partial charge is 0.354 e. The molecule has 7 nitrogen and oxygen atoms in total. The van der Waals surface area contributed by atoms with Crippen LogP contribution >= 0.6 is 0 Å². The van der Waals surface area contributed by atoms with Gasteiger partial charge in [-0.3, -0.25) is 9.59 Å². The van der Waals surface area contributed by atoms with E-state index in [9.17, 15) is 9.59 Å². The highest BCUT2D eigenvalue weighted by Gasteiger charge is 2.49. The van der Waals surface area contributed by atoms with Gasteiger partial charge < -0.3 is 15.1 Å². The molecule has 0 radical (unpaired) electrons. The van der Waals surface area contributed by atoms with Gasteiger partial charge in [-0.2, -0.15) is 0 Å². The van der Waals surface area contributed by atoms with Crippen LogP contribution in [0.15, 0.2) is 12.3 Å². The van der Waals surface area contributed by atoms with Gasteiger partial charge in [-0.05, 0) is 50.5 Å². The molecule has 3 aliphatic rings. The molecule has 2 amide bonds. The third-order valence-electron chi connectivity index (χ3n) is 6.55. The van der Waals surface area contributed by atoms with Gasteiger partial charge >= 0.3 is 0 Å². The summed E-state index contributed by atoms with van der Waals surface area (Å²) < 4.78 is 0. The zero-order valence-corrected chi connectivity index (χ0v) is 16.9. The summed E-state index contributed by atoms with van der Waals surface area (Å²) in [7, 11) is 0. The number of hydrogen-bond donors (Lipinski definition) is 1. The molecule has 0 unspecified atom stereocenters. The number of carbonyl (C=O) groups is 2. The van der Waals surface area contributed by atoms with Crippen LogP contribution in [0, 0.1) is 18.8 Å². The molecule has 4 rings (SSSR count). The maximum absolute atomic E-state index is 12.8. The lowest BCUT2D eigenvalue weighted by Gasteiger charge is -2.56. The fourth-order valence-corrected chi connectivity index (χ4v) is 5.32. The fraction of sp³-hybridized carbons (Fsp3) is 0.714. The van der Waals surface area contributed by atoms with Crippen molar-refractivity contribution in [2.24, 2.45) is 11.8 Å². The topological polar surface area (TPSA) is 78.4 Å². The highest BCUT2D eigenvalue weighted by Crippen LogP contribution is 2.42. The summed E-state index contributed by atoms with van der Waals surface area (Å²) in [6, 6.07) is 2.27. The van der Waals surface area contributed by atoms with Crippen LogP contribution in [-0.4, -0.2) is 58.4 Å². The van der Waals surface area contributed by atoms with Crippen molar-refractivity contribution in [3.63, 3.8) is 0 Å². The third kappa shape index (κ3) is 3.71. The summed E-state index contributed by atoms with van der Waals surface area (Å²) in [4.78, 5) is 38.5. The van der Waals surface area contributed by atoms with Crippen molar-refractivity contribution in [1.82, 2.24) is 20.2 Å². The molecule has 4 heterocycles. The van der Waals surface area contributed by atoms with Gasteiger partial charge in [0.15, 0.2) is 0 Å². The van der Waals surface area contributed by atoms with Gasteiger partial charge in [0.05, 0.1) is 6.04 Å². The summed E-state index contributed by atoms with van der Waals surface area (Å²) in [5.74, 6) is 1.93. The highest BCUT2D eigenvalue weighted by atomic mass is 16.2. The molecule has 0 aromatic carbocycles. The summed E-state index contributed by atoms with van der Waals surface area (Å²) in [6.07, 6.45) is 6.99. The number of anilines is 1. The molecule has 0 aliphatic carbocycles. The van der Waals surface area contributed by atoms with Crippen molar-refractivity contribution in [3.05, 3.63) is 18.0 Å². The summed E-state index contributed by atoms with van der Waals surface area (Å²) in [6.45, 7) is 6.30. The van der Waals surface area contributed by atoms with E-state index in [2.05, 4.69) is 25.1 Å². The molecule has 1 aromatic heterocycles. The molecule has 3 aliphatic heterocycles. The lowest BCUT2D eigenvalue weighted by molar-refractivity contribution is -0.149. The Labute approximate surface area is 166 Å². The van der Waals surface area contributed by atoms with Gasteiger partial charge in [-0.15, -0.1) is 0 Å². The average Bonchev–Trinajstić information content (AvgIpc) is 2.68. The van der Waals surface area contributed by atoms with Gasteiger partial charge in [0.25, 0.3) is 0 Å². The van der Waals surface area contributed by atoms with Gasteiger partial charge in [0, 0.05) is 50.4 Å². The predicted octanol–water partition coefficient (Wildman–Crippen LogP) is 1.91. The summed E-state index contributed by atoms with van der Waals surface area (Å²) >= 11 is 0. The molecule has 0 saturated carbocycles. The number of nitrogens with one attached hydrogen (secondary N) is 1. The molecule has 152 valence electrons. The van der Waals surface area contributed by atoms with E-state index in [4.69, 9.17) is 0 Å². The zero-order chi connectivity index (χ0) is 19.7. The van der Waals surface area contributed by atoms with Crippen molar-refractivity contribution in [1.29, 1.82) is 0 Å². The number of aryl methyl sites for hydroxylation is 1. The SMILES string of the molecule is CCCC(=O)NC[C@H]1[C@H]2C[C@H](CN(c3nccc(C)n3)C2)[C@@H]2CCCC(=O)N21. The Kier molecular flexibility index (Phi) is 5.51. The molecule has 3 saturated heterocycles. The molecule has 2 bridgehead atoms. The Balaban J connectivity index is 1.57. The number of amides is 2. The first-order valence-electron chi connectivity index (χ1n) is 10.7. The van der Waals surface area contributed by atoms with E-state index >= 15 is 0 Å². The van der Waals surface area contributed by atoms with Crippen molar-refractivity contribution in [3.8, 4) is 0 Å². The monoisotopic (exact) mass is 385 g/mol. The first kappa shape index (κ1) is 19.2. The minimum atomic E-state index is 0.0717. The Hall–Kier alpha value is -2.18. The fourth-order valence-electron chi connectivity index (χ4n) is 5.32. The van der Waals surface area contributed by atoms with Crippen LogP contribution in [0.3, 0.4) is 0 Å². The van der Waals surface area contributed by atoms with E-state index in [1.54, 1.807) is 0 Å².